The van der Waals surface area contributed by atoms with Gasteiger partial charge in [0.1, 0.15) is 0 Å². The highest BCUT2D eigenvalue weighted by molar-refractivity contribution is 7.89. The van der Waals surface area contributed by atoms with E-state index in [0.29, 0.717) is 0 Å². The summed E-state index contributed by atoms with van der Waals surface area (Å²) in [6.07, 6.45) is 0.363. The van der Waals surface area contributed by atoms with E-state index < -0.39 is 22.6 Å². The predicted molar refractivity (Wildman–Crippen MR) is 108 cm³/mol. The van der Waals surface area contributed by atoms with Gasteiger partial charge in [0.2, 0.25) is 10.0 Å². The fourth-order valence-corrected chi connectivity index (χ4v) is 4.55. The number of carbonyl (C=O) groups excluding carboxylic acids is 2. The lowest BCUT2D eigenvalue weighted by atomic mass is 10.0. The van der Waals surface area contributed by atoms with Gasteiger partial charge in [-0.25, -0.2) is 13.2 Å². The predicted octanol–water partition coefficient (Wildman–Crippen LogP) is 1.95. The molecule has 8 nitrogen and oxygen atoms in total. The highest BCUT2D eigenvalue weighted by Crippen LogP contribution is 2.21. The summed E-state index contributed by atoms with van der Waals surface area (Å²) in [4.78, 5) is 24.1. The molecule has 0 unspecified atom stereocenters. The number of ether oxygens (including phenoxy) is 2. The molecule has 0 aliphatic carbocycles. The fourth-order valence-electron chi connectivity index (χ4n) is 2.96. The first-order chi connectivity index (χ1) is 13.4. The Kier molecular flexibility index (Phi) is 7.42. The van der Waals surface area contributed by atoms with E-state index in [4.69, 9.17) is 9.47 Å². The highest BCUT2D eigenvalue weighted by Gasteiger charge is 2.32. The minimum Gasteiger partial charge on any atom is -0.452 e. The van der Waals surface area contributed by atoms with Crippen molar-refractivity contribution in [1.29, 1.82) is 0 Å². The molecule has 0 spiro atoms. The van der Waals surface area contributed by atoms with Gasteiger partial charge < -0.3 is 14.8 Å². The van der Waals surface area contributed by atoms with E-state index in [1.807, 2.05) is 34.6 Å². The largest absolute Gasteiger partial charge is 0.452 e. The molecule has 1 saturated heterocycles. The molecule has 1 fully saturated rings. The van der Waals surface area contributed by atoms with Crippen LogP contribution in [0.25, 0.3) is 0 Å². The Morgan fingerprint density at radius 3 is 2.24 bits per heavy atom. The lowest BCUT2D eigenvalue weighted by Crippen LogP contribution is -2.48. The second kappa shape index (κ2) is 9.23. The molecule has 29 heavy (non-hydrogen) atoms. The van der Waals surface area contributed by atoms with E-state index in [1.165, 1.54) is 28.6 Å². The summed E-state index contributed by atoms with van der Waals surface area (Å²) in [7, 11) is -3.68. The monoisotopic (exact) mass is 426 g/mol. The van der Waals surface area contributed by atoms with Crippen molar-refractivity contribution in [3.8, 4) is 0 Å². The Morgan fingerprint density at radius 1 is 1.17 bits per heavy atom. The van der Waals surface area contributed by atoms with Crippen molar-refractivity contribution < 1.29 is 27.5 Å². The lowest BCUT2D eigenvalue weighted by Gasteiger charge is -2.34. The lowest BCUT2D eigenvalue weighted by molar-refractivity contribution is -0.125. The molecular weight excluding hydrogens is 396 g/mol. The van der Waals surface area contributed by atoms with Crippen LogP contribution in [0, 0.1) is 0 Å². The Balaban J connectivity index is 2.00. The summed E-state index contributed by atoms with van der Waals surface area (Å²) >= 11 is 0. The molecule has 1 aliphatic heterocycles. The fraction of sp³-hybridized carbons (Fsp3) is 0.600. The molecule has 0 bridgehead atoms. The number of amides is 1. The van der Waals surface area contributed by atoms with Gasteiger partial charge in [-0.3, -0.25) is 4.79 Å². The third-order valence-electron chi connectivity index (χ3n) is 4.81. The van der Waals surface area contributed by atoms with Gasteiger partial charge >= 0.3 is 5.97 Å². The zero-order valence-electron chi connectivity index (χ0n) is 17.6. The smallest absolute Gasteiger partial charge is 0.338 e. The van der Waals surface area contributed by atoms with Crippen LogP contribution in [0.2, 0.25) is 0 Å². The van der Waals surface area contributed by atoms with E-state index in [1.54, 1.807) is 0 Å². The average molecular weight is 427 g/mol. The van der Waals surface area contributed by atoms with Gasteiger partial charge in [0.25, 0.3) is 5.91 Å². The zero-order chi connectivity index (χ0) is 21.8. The van der Waals surface area contributed by atoms with Crippen LogP contribution in [0.15, 0.2) is 29.2 Å². The SMILES string of the molecule is CCC(C)(C)NC(=O)COC(=O)c1ccc(S(=O)(=O)N2C[C@@H](C)O[C@@H](C)C2)cc1. The molecule has 0 radical (unpaired) electrons. The first-order valence-corrected chi connectivity index (χ1v) is 11.1. The summed E-state index contributed by atoms with van der Waals surface area (Å²) < 4.78 is 37.7. The number of morpholine rings is 1. The molecule has 1 aromatic rings. The van der Waals surface area contributed by atoms with Gasteiger partial charge in [-0.15, -0.1) is 0 Å². The van der Waals surface area contributed by atoms with Crippen molar-refractivity contribution in [1.82, 2.24) is 9.62 Å². The van der Waals surface area contributed by atoms with Gasteiger partial charge in [-0.1, -0.05) is 6.92 Å². The van der Waals surface area contributed by atoms with Crippen molar-refractivity contribution in [3.05, 3.63) is 29.8 Å². The number of carbonyl (C=O) groups is 2. The summed E-state index contributed by atoms with van der Waals surface area (Å²) in [5, 5.41) is 2.77. The van der Waals surface area contributed by atoms with Crippen LogP contribution in [0.5, 0.6) is 0 Å². The van der Waals surface area contributed by atoms with Crippen LogP contribution in [0.3, 0.4) is 0 Å². The van der Waals surface area contributed by atoms with Crippen molar-refractivity contribution in [2.75, 3.05) is 19.7 Å². The van der Waals surface area contributed by atoms with Crippen molar-refractivity contribution in [2.45, 2.75) is 63.7 Å². The number of nitrogens with one attached hydrogen (secondary N) is 1. The third-order valence-corrected chi connectivity index (χ3v) is 6.66. The summed E-state index contributed by atoms with van der Waals surface area (Å²) in [5.74, 6) is -1.08. The zero-order valence-corrected chi connectivity index (χ0v) is 18.4. The molecule has 2 atom stereocenters. The molecule has 1 heterocycles. The molecule has 9 heteroatoms. The molecule has 0 saturated carbocycles. The topological polar surface area (TPSA) is 102 Å². The van der Waals surface area contributed by atoms with Gasteiger partial charge in [0.15, 0.2) is 6.61 Å². The van der Waals surface area contributed by atoms with E-state index in [2.05, 4.69) is 5.32 Å². The summed E-state index contributed by atoms with van der Waals surface area (Å²) in [6.45, 7) is 9.51. The van der Waals surface area contributed by atoms with E-state index in [-0.39, 0.29) is 47.2 Å². The highest BCUT2D eigenvalue weighted by atomic mass is 32.2. The van der Waals surface area contributed by atoms with Gasteiger partial charge in [0, 0.05) is 18.6 Å². The average Bonchev–Trinajstić information content (AvgIpc) is 2.65. The second-order valence-corrected chi connectivity index (χ2v) is 9.90. The van der Waals surface area contributed by atoms with Crippen molar-refractivity contribution in [2.24, 2.45) is 0 Å². The minimum atomic E-state index is -3.68. The van der Waals surface area contributed by atoms with Gasteiger partial charge in [-0.2, -0.15) is 4.31 Å². The quantitative estimate of drug-likeness (QED) is 0.669. The Bertz CT molecular complexity index is 825. The Labute approximate surface area is 172 Å². The maximum Gasteiger partial charge on any atom is 0.338 e. The second-order valence-electron chi connectivity index (χ2n) is 7.97. The van der Waals surface area contributed by atoms with E-state index in [9.17, 15) is 18.0 Å². The molecule has 0 aromatic heterocycles. The number of sulfonamides is 1. The molecule has 1 N–H and O–H groups in total. The van der Waals surface area contributed by atoms with Crippen LogP contribution in [0.4, 0.5) is 0 Å². The third kappa shape index (κ3) is 6.25. The van der Waals surface area contributed by atoms with E-state index in [0.717, 1.165) is 6.42 Å². The standard InChI is InChI=1S/C20H30N2O6S/c1-6-20(4,5)21-18(23)13-27-19(24)16-7-9-17(10-8-16)29(25,26)22-11-14(2)28-15(3)12-22/h7-10,14-15H,6,11-13H2,1-5H3,(H,21,23)/t14-,15+. The molecule has 1 aromatic carbocycles. The Morgan fingerprint density at radius 2 is 1.72 bits per heavy atom. The van der Waals surface area contributed by atoms with Gasteiger partial charge in [-0.05, 0) is 58.4 Å². The van der Waals surface area contributed by atoms with E-state index >= 15 is 0 Å². The molecular formula is C20H30N2O6S. The number of hydrogen-bond donors (Lipinski definition) is 1. The number of nitrogens with zero attached hydrogens (tertiary/aromatic N) is 1. The molecule has 1 aliphatic rings. The first kappa shape index (κ1) is 23.3. The van der Waals surface area contributed by atoms with Crippen LogP contribution >= 0.6 is 0 Å². The van der Waals surface area contributed by atoms with Gasteiger partial charge in [0.05, 0.1) is 22.7 Å². The number of hydrogen-bond acceptors (Lipinski definition) is 6. The van der Waals surface area contributed by atoms with Crippen LogP contribution in [-0.2, 0) is 24.3 Å². The Hall–Kier alpha value is -1.97. The van der Waals surface area contributed by atoms with Crippen LogP contribution in [-0.4, -0.2) is 62.0 Å². The maximum absolute atomic E-state index is 12.8. The number of rotatable bonds is 7. The normalized spacial score (nSPS) is 20.9. The summed E-state index contributed by atoms with van der Waals surface area (Å²) in [6, 6.07) is 5.51. The maximum atomic E-state index is 12.8. The van der Waals surface area contributed by atoms with Crippen LogP contribution < -0.4 is 5.32 Å². The number of benzene rings is 1. The summed E-state index contributed by atoms with van der Waals surface area (Å²) in [5.41, 5.74) is -0.205. The minimum absolute atomic E-state index is 0.0952. The first-order valence-electron chi connectivity index (χ1n) is 9.68. The molecule has 2 rings (SSSR count). The number of esters is 1. The molecule has 162 valence electrons. The van der Waals surface area contributed by atoms with Crippen LogP contribution in [0.1, 0.15) is 51.4 Å². The van der Waals surface area contributed by atoms with Crippen molar-refractivity contribution >= 4 is 21.9 Å². The molecule has 1 amide bonds. The van der Waals surface area contributed by atoms with Crippen molar-refractivity contribution in [3.63, 3.8) is 0 Å².